The lowest BCUT2D eigenvalue weighted by Crippen LogP contribution is -2.25. The second-order valence-corrected chi connectivity index (χ2v) is 9.12. The lowest BCUT2D eigenvalue weighted by Gasteiger charge is -2.16. The minimum atomic E-state index is -1.11. The number of aromatic nitrogens is 6. The Morgan fingerprint density at radius 2 is 1.75 bits per heavy atom. The van der Waals surface area contributed by atoms with Gasteiger partial charge < -0.3 is 18.8 Å². The van der Waals surface area contributed by atoms with Crippen LogP contribution < -0.4 is 0 Å². The van der Waals surface area contributed by atoms with E-state index in [0.29, 0.717) is 30.2 Å². The molecule has 0 fully saturated rings. The number of nitrogens with one attached hydrogen (secondary N) is 1. The molecule has 0 saturated carbocycles. The van der Waals surface area contributed by atoms with Gasteiger partial charge in [0, 0.05) is 25.5 Å². The van der Waals surface area contributed by atoms with Crippen LogP contribution in [0, 0.1) is 0 Å². The number of esters is 1. The smallest absolute Gasteiger partial charge is 0.435 e. The topological polar surface area (TPSA) is 134 Å². The molecule has 0 bridgehead atoms. The Morgan fingerprint density at radius 3 is 2.40 bits per heavy atom. The van der Waals surface area contributed by atoms with E-state index >= 15 is 0 Å². The van der Waals surface area contributed by atoms with Crippen LogP contribution in [-0.2, 0) is 33.6 Å². The zero-order chi connectivity index (χ0) is 28.5. The summed E-state index contributed by atoms with van der Waals surface area (Å²) in [5.41, 5.74) is 4.85. The Bertz CT molecular complexity index is 1420. The SMILES string of the molecule is CCCCc1nc(CC)c(C(=O)OC(C)OC(=O)OCC)n1Cc1ccc(-c2ccccc2-c2nn[nH]n2)cc1. The summed E-state index contributed by atoms with van der Waals surface area (Å²) in [6, 6.07) is 16.0. The summed E-state index contributed by atoms with van der Waals surface area (Å²) in [5, 5.41) is 14.4. The van der Waals surface area contributed by atoms with Gasteiger partial charge in [-0.25, -0.2) is 14.6 Å². The van der Waals surface area contributed by atoms with Crippen LogP contribution in [0.3, 0.4) is 0 Å². The minimum absolute atomic E-state index is 0.161. The summed E-state index contributed by atoms with van der Waals surface area (Å²) >= 11 is 0. The third-order valence-corrected chi connectivity index (χ3v) is 6.32. The molecule has 2 heterocycles. The van der Waals surface area contributed by atoms with E-state index in [1.807, 2.05) is 60.0 Å². The second-order valence-electron chi connectivity index (χ2n) is 9.12. The fraction of sp³-hybridized carbons (Fsp3) is 0.379. The second kappa shape index (κ2) is 13.5. The summed E-state index contributed by atoms with van der Waals surface area (Å²) < 4.78 is 17.2. The molecular weight excluding hydrogens is 512 g/mol. The Hall–Kier alpha value is -4.54. The average Bonchev–Trinajstić information content (AvgIpc) is 3.61. The lowest BCUT2D eigenvalue weighted by atomic mass is 9.98. The number of ether oxygens (including phenoxy) is 3. The number of rotatable bonds is 12. The third-order valence-electron chi connectivity index (χ3n) is 6.32. The number of aromatic amines is 1. The largest absolute Gasteiger partial charge is 0.511 e. The van der Waals surface area contributed by atoms with Crippen LogP contribution >= 0.6 is 0 Å². The molecule has 1 atom stereocenters. The predicted molar refractivity (Wildman–Crippen MR) is 147 cm³/mol. The molecule has 0 aliphatic heterocycles. The zero-order valence-electron chi connectivity index (χ0n) is 23.2. The molecule has 0 aliphatic rings. The Kier molecular flexibility index (Phi) is 9.61. The molecular formula is C29H34N6O5. The highest BCUT2D eigenvalue weighted by molar-refractivity contribution is 5.89. The predicted octanol–water partition coefficient (Wildman–Crippen LogP) is 5.36. The van der Waals surface area contributed by atoms with Gasteiger partial charge in [0.1, 0.15) is 5.82 Å². The molecule has 4 aromatic rings. The molecule has 1 unspecified atom stereocenters. The van der Waals surface area contributed by atoms with Gasteiger partial charge in [-0.05, 0) is 41.7 Å². The molecule has 0 aliphatic carbocycles. The monoisotopic (exact) mass is 546 g/mol. The van der Waals surface area contributed by atoms with Crippen molar-refractivity contribution in [3.05, 3.63) is 71.3 Å². The van der Waals surface area contributed by atoms with Gasteiger partial charge in [0.25, 0.3) is 0 Å². The zero-order valence-corrected chi connectivity index (χ0v) is 23.2. The van der Waals surface area contributed by atoms with Crippen molar-refractivity contribution in [1.29, 1.82) is 0 Å². The third kappa shape index (κ3) is 6.71. The highest BCUT2D eigenvalue weighted by Crippen LogP contribution is 2.30. The molecule has 0 radical (unpaired) electrons. The van der Waals surface area contributed by atoms with Crippen LogP contribution in [0.1, 0.15) is 68.1 Å². The highest BCUT2D eigenvalue weighted by Gasteiger charge is 2.26. The molecule has 40 heavy (non-hydrogen) atoms. The number of hydrogen-bond donors (Lipinski definition) is 1. The van der Waals surface area contributed by atoms with Crippen molar-refractivity contribution in [2.45, 2.75) is 66.2 Å². The van der Waals surface area contributed by atoms with E-state index < -0.39 is 18.4 Å². The molecule has 0 spiro atoms. The van der Waals surface area contributed by atoms with Crippen molar-refractivity contribution in [3.8, 4) is 22.5 Å². The van der Waals surface area contributed by atoms with Crippen molar-refractivity contribution < 1.29 is 23.8 Å². The highest BCUT2D eigenvalue weighted by atomic mass is 16.8. The summed E-state index contributed by atoms with van der Waals surface area (Å²) in [4.78, 5) is 29.8. The molecule has 11 heteroatoms. The number of benzene rings is 2. The maximum Gasteiger partial charge on any atom is 0.511 e. The van der Waals surface area contributed by atoms with E-state index in [1.165, 1.54) is 6.92 Å². The van der Waals surface area contributed by atoms with Crippen LogP contribution in [0.2, 0.25) is 0 Å². The number of carbonyl (C=O) groups excluding carboxylic acids is 2. The Labute approximate surface area is 232 Å². The van der Waals surface area contributed by atoms with Crippen molar-refractivity contribution in [2.75, 3.05) is 6.61 Å². The van der Waals surface area contributed by atoms with Gasteiger partial charge in [-0.3, -0.25) is 0 Å². The average molecular weight is 547 g/mol. The quantitative estimate of drug-likeness (QED) is 0.184. The minimum Gasteiger partial charge on any atom is -0.435 e. The van der Waals surface area contributed by atoms with E-state index in [9.17, 15) is 9.59 Å². The van der Waals surface area contributed by atoms with Crippen LogP contribution in [0.25, 0.3) is 22.5 Å². The van der Waals surface area contributed by atoms with E-state index in [2.05, 4.69) is 27.5 Å². The lowest BCUT2D eigenvalue weighted by molar-refractivity contribution is -0.0816. The first-order valence-electron chi connectivity index (χ1n) is 13.5. The van der Waals surface area contributed by atoms with Gasteiger partial charge in [-0.2, -0.15) is 5.21 Å². The number of aryl methyl sites for hydroxylation is 2. The number of carbonyl (C=O) groups is 2. The molecule has 210 valence electrons. The van der Waals surface area contributed by atoms with Crippen LogP contribution in [0.15, 0.2) is 48.5 Å². The molecule has 1 N–H and O–H groups in total. The van der Waals surface area contributed by atoms with E-state index in [-0.39, 0.29) is 6.61 Å². The first-order valence-corrected chi connectivity index (χ1v) is 13.5. The fourth-order valence-electron chi connectivity index (χ4n) is 4.42. The standard InChI is InChI=1S/C29H34N6O5/c1-5-8-13-25-30-24(6-2)26(28(36)39-19(4)40-29(37)38-7-3)35(25)18-20-14-16-21(17-15-20)22-11-9-10-12-23(22)27-31-33-34-32-27/h9-12,14-17,19H,5-8,13,18H2,1-4H3,(H,31,32,33,34). The number of unbranched alkanes of at least 4 members (excludes halogenated alkanes) is 1. The number of hydrogen-bond acceptors (Lipinski definition) is 9. The Morgan fingerprint density at radius 1 is 1.00 bits per heavy atom. The molecule has 4 rings (SSSR count). The van der Waals surface area contributed by atoms with Gasteiger partial charge >= 0.3 is 12.1 Å². The van der Waals surface area contributed by atoms with Gasteiger partial charge in [0.15, 0.2) is 5.69 Å². The van der Waals surface area contributed by atoms with Gasteiger partial charge in [-0.15, -0.1) is 10.2 Å². The summed E-state index contributed by atoms with van der Waals surface area (Å²) in [5.74, 6) is 0.737. The van der Waals surface area contributed by atoms with E-state index in [4.69, 9.17) is 19.2 Å². The molecule has 2 aromatic carbocycles. The number of H-pyrrole nitrogens is 1. The van der Waals surface area contributed by atoms with Crippen LogP contribution in [-0.4, -0.2) is 55.2 Å². The van der Waals surface area contributed by atoms with Crippen molar-refractivity contribution in [3.63, 3.8) is 0 Å². The normalized spacial score (nSPS) is 11.7. The van der Waals surface area contributed by atoms with E-state index in [1.54, 1.807) is 6.92 Å². The number of tetrazole rings is 1. The first-order chi connectivity index (χ1) is 19.4. The maximum atomic E-state index is 13.3. The molecule has 11 nitrogen and oxygen atoms in total. The molecule has 2 aromatic heterocycles. The maximum absolute atomic E-state index is 13.3. The van der Waals surface area contributed by atoms with Gasteiger partial charge in [-0.1, -0.05) is 68.8 Å². The van der Waals surface area contributed by atoms with E-state index in [0.717, 1.165) is 47.3 Å². The number of nitrogens with zero attached hydrogens (tertiary/aromatic N) is 5. The van der Waals surface area contributed by atoms with Gasteiger partial charge in [0.05, 0.1) is 12.3 Å². The molecule has 0 saturated heterocycles. The van der Waals surface area contributed by atoms with Crippen LogP contribution in [0.5, 0.6) is 0 Å². The van der Waals surface area contributed by atoms with Gasteiger partial charge in [0.2, 0.25) is 12.1 Å². The number of imidazole rings is 1. The first kappa shape index (κ1) is 28.5. The van der Waals surface area contributed by atoms with Crippen molar-refractivity contribution in [1.82, 2.24) is 30.2 Å². The van der Waals surface area contributed by atoms with Crippen molar-refractivity contribution >= 4 is 12.1 Å². The summed E-state index contributed by atoms with van der Waals surface area (Å²) in [6.07, 6.45) is 1.20. The van der Waals surface area contributed by atoms with Crippen molar-refractivity contribution in [2.24, 2.45) is 0 Å². The molecule has 0 amide bonds. The Balaban J connectivity index is 1.62. The fourth-order valence-corrected chi connectivity index (χ4v) is 4.42. The summed E-state index contributed by atoms with van der Waals surface area (Å²) in [6.45, 7) is 7.79. The van der Waals surface area contributed by atoms with Crippen LogP contribution in [0.4, 0.5) is 4.79 Å². The summed E-state index contributed by atoms with van der Waals surface area (Å²) in [7, 11) is 0.